The minimum Gasteiger partial charge on any atom is -0.456 e. The zero-order chi connectivity index (χ0) is 46.8. The molecule has 0 N–H and O–H groups in total. The molecular weight excluding hydrogens is 857 g/mol. The van der Waals surface area contributed by atoms with Crippen LogP contribution in [0.25, 0.3) is 77.3 Å². The first-order chi connectivity index (χ1) is 34.6. The molecule has 0 aliphatic rings. The molecule has 0 saturated heterocycles. The van der Waals surface area contributed by atoms with Crippen LogP contribution in [0, 0.1) is 0 Å². The first kappa shape index (κ1) is 42.0. The number of rotatable bonds is 10. The standard InChI is InChI=1S/C64H44N4O2/c1-65-64(67-63(48-19-9-4-10-20-48)66-42-43-15-5-2-6-16-43)56-24-14-26-60-61(56)57-41-49(33-40-59(57)69-60)46-29-36-51(37-30-46)68(50-34-27-45(28-35-50)44-17-7-3-8-18-44)52-38-31-47(32-39-52)53-22-13-23-55-54-21-11-12-25-58(54)70-62(53)55/h2-41H,1,42H2/b66-63-,67-64-. The van der Waals surface area contributed by atoms with E-state index in [-0.39, 0.29) is 0 Å². The minimum absolute atomic E-state index is 0.468. The number of aliphatic imine (C=N–C) groups is 3. The Morgan fingerprint density at radius 1 is 0.414 bits per heavy atom. The van der Waals surface area contributed by atoms with Crippen molar-refractivity contribution in [2.45, 2.75) is 6.54 Å². The molecule has 0 bridgehead atoms. The molecule has 0 fully saturated rings. The van der Waals surface area contributed by atoms with Gasteiger partial charge in [-0.1, -0.05) is 182 Å². The number of hydrogen-bond donors (Lipinski definition) is 0. The summed E-state index contributed by atoms with van der Waals surface area (Å²) >= 11 is 0. The van der Waals surface area contributed by atoms with Crippen LogP contribution in [-0.4, -0.2) is 18.4 Å². The number of hydrogen-bond acceptors (Lipinski definition) is 4. The van der Waals surface area contributed by atoms with Crippen LogP contribution < -0.4 is 4.90 Å². The van der Waals surface area contributed by atoms with Crippen LogP contribution in [0.1, 0.15) is 16.7 Å². The van der Waals surface area contributed by atoms with Crippen molar-refractivity contribution in [1.29, 1.82) is 0 Å². The van der Waals surface area contributed by atoms with Crippen molar-refractivity contribution in [2.75, 3.05) is 4.90 Å². The molecule has 2 aromatic heterocycles. The van der Waals surface area contributed by atoms with Gasteiger partial charge in [0, 0.05) is 55.3 Å². The molecular formula is C64H44N4O2. The van der Waals surface area contributed by atoms with Gasteiger partial charge in [-0.2, -0.15) is 0 Å². The molecule has 0 aliphatic carbocycles. The molecule has 0 amide bonds. The average Bonchev–Trinajstić information content (AvgIpc) is 4.01. The van der Waals surface area contributed by atoms with Crippen LogP contribution in [0.3, 0.4) is 0 Å². The molecule has 0 radical (unpaired) electrons. The Hall–Kier alpha value is -9.39. The molecule has 12 aromatic rings. The third-order valence-corrected chi connectivity index (χ3v) is 12.9. The largest absolute Gasteiger partial charge is 0.456 e. The van der Waals surface area contributed by atoms with Gasteiger partial charge >= 0.3 is 0 Å². The maximum Gasteiger partial charge on any atom is 0.161 e. The zero-order valence-corrected chi connectivity index (χ0v) is 38.1. The van der Waals surface area contributed by atoms with Crippen molar-refractivity contribution in [3.8, 4) is 33.4 Å². The first-order valence-corrected chi connectivity index (χ1v) is 23.4. The number of benzene rings is 10. The van der Waals surface area contributed by atoms with Gasteiger partial charge in [-0.15, -0.1) is 0 Å². The van der Waals surface area contributed by atoms with Gasteiger partial charge in [0.2, 0.25) is 0 Å². The lowest BCUT2D eigenvalue weighted by atomic mass is 9.99. The molecule has 12 rings (SSSR count). The third-order valence-electron chi connectivity index (χ3n) is 12.9. The summed E-state index contributed by atoms with van der Waals surface area (Å²) in [5.74, 6) is 1.05. The van der Waals surface area contributed by atoms with Gasteiger partial charge in [-0.05, 0) is 101 Å². The second-order valence-corrected chi connectivity index (χ2v) is 17.2. The highest BCUT2D eigenvalue weighted by Crippen LogP contribution is 2.41. The topological polar surface area (TPSA) is 66.6 Å². The zero-order valence-electron chi connectivity index (χ0n) is 38.1. The fourth-order valence-electron chi connectivity index (χ4n) is 9.45. The summed E-state index contributed by atoms with van der Waals surface area (Å²) in [4.78, 5) is 16.9. The number of fused-ring (bicyclic) bond motifs is 6. The van der Waals surface area contributed by atoms with Crippen molar-refractivity contribution in [3.63, 3.8) is 0 Å². The summed E-state index contributed by atoms with van der Waals surface area (Å²) in [5.41, 5.74) is 15.8. The Morgan fingerprint density at radius 3 is 1.66 bits per heavy atom. The SMILES string of the molecule is C=N/C(=N\C(=N/Cc1ccccc1)c1ccccc1)c1cccc2oc3ccc(-c4ccc(N(c5ccc(-c6ccccc6)cc5)c5ccc(-c6cccc7c6oc6ccccc67)cc5)cc4)cc3c12. The van der Waals surface area contributed by atoms with E-state index in [0.717, 1.165) is 105 Å². The molecule has 10 aromatic carbocycles. The van der Waals surface area contributed by atoms with E-state index in [0.29, 0.717) is 18.2 Å². The van der Waals surface area contributed by atoms with Gasteiger partial charge in [-0.3, -0.25) is 4.99 Å². The Balaban J connectivity index is 0.906. The number of para-hydroxylation sites is 2. The number of nitrogens with zero attached hydrogens (tertiary/aromatic N) is 4. The first-order valence-electron chi connectivity index (χ1n) is 23.4. The van der Waals surface area contributed by atoms with Gasteiger partial charge in [0.15, 0.2) is 11.7 Å². The summed E-state index contributed by atoms with van der Waals surface area (Å²) in [7, 11) is 0. The molecule has 6 nitrogen and oxygen atoms in total. The Bertz CT molecular complexity index is 3890. The second kappa shape index (κ2) is 18.4. The van der Waals surface area contributed by atoms with Gasteiger partial charge < -0.3 is 13.7 Å². The van der Waals surface area contributed by atoms with Crippen LogP contribution in [0.2, 0.25) is 0 Å². The highest BCUT2D eigenvalue weighted by atomic mass is 16.3. The van der Waals surface area contributed by atoms with Gasteiger partial charge in [0.25, 0.3) is 0 Å². The highest BCUT2D eigenvalue weighted by Gasteiger charge is 2.19. The number of furan rings is 2. The van der Waals surface area contributed by atoms with E-state index in [1.54, 1.807) is 0 Å². The third kappa shape index (κ3) is 8.03. The summed E-state index contributed by atoms with van der Waals surface area (Å²) in [5, 5.41) is 4.12. The summed E-state index contributed by atoms with van der Waals surface area (Å²) < 4.78 is 12.9. The maximum absolute atomic E-state index is 6.47. The molecule has 0 atom stereocenters. The van der Waals surface area contributed by atoms with Crippen molar-refractivity contribution < 1.29 is 8.83 Å². The monoisotopic (exact) mass is 900 g/mol. The quantitative estimate of drug-likeness (QED) is 0.101. The lowest BCUT2D eigenvalue weighted by Crippen LogP contribution is -2.09. The Labute approximate surface area is 405 Å². The number of anilines is 3. The van der Waals surface area contributed by atoms with Crippen LogP contribution in [0.5, 0.6) is 0 Å². The summed E-state index contributed by atoms with van der Waals surface area (Å²) in [6.45, 7) is 4.46. The van der Waals surface area contributed by atoms with E-state index >= 15 is 0 Å². The molecule has 70 heavy (non-hydrogen) atoms. The van der Waals surface area contributed by atoms with E-state index < -0.39 is 0 Å². The van der Waals surface area contributed by atoms with Crippen LogP contribution in [0.15, 0.2) is 266 Å². The molecule has 2 heterocycles. The van der Waals surface area contributed by atoms with Crippen LogP contribution in [0.4, 0.5) is 17.1 Å². The van der Waals surface area contributed by atoms with E-state index in [1.165, 1.54) is 5.56 Å². The maximum atomic E-state index is 6.47. The smallest absolute Gasteiger partial charge is 0.161 e. The molecule has 6 heteroatoms. The average molecular weight is 901 g/mol. The molecule has 0 unspecified atom stereocenters. The van der Waals surface area contributed by atoms with Crippen molar-refractivity contribution in [2.24, 2.45) is 15.0 Å². The summed E-state index contributed by atoms with van der Waals surface area (Å²) in [6, 6.07) is 83.9. The lowest BCUT2D eigenvalue weighted by molar-refractivity contribution is 0.669. The fourth-order valence-corrected chi connectivity index (χ4v) is 9.45. The minimum atomic E-state index is 0.468. The highest BCUT2D eigenvalue weighted by molar-refractivity contribution is 6.22. The molecule has 332 valence electrons. The van der Waals surface area contributed by atoms with Gasteiger partial charge in [-0.25, -0.2) is 9.98 Å². The van der Waals surface area contributed by atoms with E-state index in [4.69, 9.17) is 18.8 Å². The van der Waals surface area contributed by atoms with Crippen molar-refractivity contribution in [3.05, 3.63) is 259 Å². The Kier molecular flexibility index (Phi) is 11.0. The van der Waals surface area contributed by atoms with Crippen LogP contribution >= 0.6 is 0 Å². The molecule has 0 spiro atoms. The van der Waals surface area contributed by atoms with Crippen LogP contribution in [-0.2, 0) is 6.54 Å². The Morgan fingerprint density at radius 2 is 0.957 bits per heavy atom. The number of amidine groups is 2. The second-order valence-electron chi connectivity index (χ2n) is 17.2. The molecule has 0 saturated carbocycles. The predicted molar refractivity (Wildman–Crippen MR) is 291 cm³/mol. The predicted octanol–water partition coefficient (Wildman–Crippen LogP) is 17.1. The van der Waals surface area contributed by atoms with Gasteiger partial charge in [0.05, 0.1) is 6.54 Å². The van der Waals surface area contributed by atoms with Crippen molar-refractivity contribution in [1.82, 2.24) is 0 Å². The van der Waals surface area contributed by atoms with Crippen molar-refractivity contribution >= 4 is 79.3 Å². The lowest BCUT2D eigenvalue weighted by Gasteiger charge is -2.26. The van der Waals surface area contributed by atoms with Gasteiger partial charge in [0.1, 0.15) is 22.3 Å². The fraction of sp³-hybridized carbons (Fsp3) is 0.0156. The van der Waals surface area contributed by atoms with E-state index in [2.05, 4.69) is 168 Å². The normalized spacial score (nSPS) is 12.0. The van der Waals surface area contributed by atoms with E-state index in [1.807, 2.05) is 91.0 Å². The summed E-state index contributed by atoms with van der Waals surface area (Å²) in [6.07, 6.45) is 0. The van der Waals surface area contributed by atoms with E-state index in [9.17, 15) is 0 Å². The molecule has 0 aliphatic heterocycles.